The molecule has 6 heteroatoms. The Hall–Kier alpha value is -1.43. The summed E-state index contributed by atoms with van der Waals surface area (Å²) in [5.74, 6) is 5.50. The number of nitrogens with zero attached hydrogens (tertiary/aromatic N) is 1. The summed E-state index contributed by atoms with van der Waals surface area (Å²) in [5.41, 5.74) is 1.55. The summed E-state index contributed by atoms with van der Waals surface area (Å²) in [6.45, 7) is 0.715. The van der Waals surface area contributed by atoms with Crippen LogP contribution in [-0.2, 0) is 6.42 Å². The van der Waals surface area contributed by atoms with E-state index >= 15 is 0 Å². The maximum absolute atomic E-state index is 12.0. The smallest absolute Gasteiger partial charge is 0.406 e. The number of hydrogen-bond donors (Lipinski definition) is 1. The minimum atomic E-state index is -4.65. The van der Waals surface area contributed by atoms with Gasteiger partial charge in [-0.25, -0.2) is 5.84 Å². The highest BCUT2D eigenvalue weighted by molar-refractivity contribution is 5.56. The number of alkyl halides is 3. The van der Waals surface area contributed by atoms with Gasteiger partial charge in [-0.1, -0.05) is 0 Å². The van der Waals surface area contributed by atoms with Crippen molar-refractivity contribution in [2.45, 2.75) is 19.2 Å². The molecule has 88 valence electrons. The maximum Gasteiger partial charge on any atom is 0.573 e. The Morgan fingerprint density at radius 1 is 1.31 bits per heavy atom. The Bertz CT molecular complexity index is 392. The summed E-state index contributed by atoms with van der Waals surface area (Å²) < 4.78 is 39.8. The lowest BCUT2D eigenvalue weighted by Crippen LogP contribution is -2.35. The summed E-state index contributed by atoms with van der Waals surface area (Å²) >= 11 is 0. The summed E-state index contributed by atoms with van der Waals surface area (Å²) in [6, 6.07) is 4.22. The van der Waals surface area contributed by atoms with Crippen LogP contribution in [0.25, 0.3) is 0 Å². The van der Waals surface area contributed by atoms with Gasteiger partial charge in [0.1, 0.15) is 5.75 Å². The third kappa shape index (κ3) is 2.38. The van der Waals surface area contributed by atoms with Crippen LogP contribution in [0.3, 0.4) is 0 Å². The predicted molar refractivity (Wildman–Crippen MR) is 53.0 cm³/mol. The van der Waals surface area contributed by atoms with Gasteiger partial charge in [0.25, 0.3) is 0 Å². The second-order valence-electron chi connectivity index (χ2n) is 3.64. The van der Waals surface area contributed by atoms with Crippen molar-refractivity contribution in [1.29, 1.82) is 0 Å². The molecule has 0 aliphatic carbocycles. The number of benzene rings is 1. The topological polar surface area (TPSA) is 38.5 Å². The van der Waals surface area contributed by atoms with Gasteiger partial charge in [0, 0.05) is 6.54 Å². The van der Waals surface area contributed by atoms with Crippen molar-refractivity contribution in [3.63, 3.8) is 0 Å². The van der Waals surface area contributed by atoms with Gasteiger partial charge in [-0.05, 0) is 36.6 Å². The Balaban J connectivity index is 2.25. The Labute approximate surface area is 90.6 Å². The number of aryl methyl sites for hydroxylation is 1. The molecule has 2 N–H and O–H groups in total. The van der Waals surface area contributed by atoms with Gasteiger partial charge >= 0.3 is 6.36 Å². The van der Waals surface area contributed by atoms with Crippen LogP contribution in [0, 0.1) is 0 Å². The zero-order valence-corrected chi connectivity index (χ0v) is 8.42. The molecule has 0 spiro atoms. The molecule has 0 aromatic heterocycles. The second kappa shape index (κ2) is 3.86. The van der Waals surface area contributed by atoms with Gasteiger partial charge in [0.05, 0.1) is 5.69 Å². The van der Waals surface area contributed by atoms with Crippen LogP contribution in [0.2, 0.25) is 0 Å². The van der Waals surface area contributed by atoms with Crippen LogP contribution >= 0.6 is 0 Å². The Morgan fingerprint density at radius 3 is 2.75 bits per heavy atom. The highest BCUT2D eigenvalue weighted by Gasteiger charge is 2.31. The third-order valence-electron chi connectivity index (χ3n) is 2.44. The molecule has 0 unspecified atom stereocenters. The fourth-order valence-electron chi connectivity index (χ4n) is 1.80. The minimum absolute atomic E-state index is 0.193. The molecule has 3 nitrogen and oxygen atoms in total. The lowest BCUT2D eigenvalue weighted by Gasteiger charge is -2.27. The first-order chi connectivity index (χ1) is 7.46. The van der Waals surface area contributed by atoms with Crippen molar-refractivity contribution >= 4 is 5.69 Å². The van der Waals surface area contributed by atoms with E-state index in [2.05, 4.69) is 4.74 Å². The number of hydrogen-bond acceptors (Lipinski definition) is 3. The van der Waals surface area contributed by atoms with Gasteiger partial charge in [-0.3, -0.25) is 0 Å². The highest BCUT2D eigenvalue weighted by Crippen LogP contribution is 2.31. The number of anilines is 1. The second-order valence-corrected chi connectivity index (χ2v) is 3.64. The molecular weight excluding hydrogens is 221 g/mol. The number of fused-ring (bicyclic) bond motifs is 1. The third-order valence-corrected chi connectivity index (χ3v) is 2.44. The molecule has 0 radical (unpaired) electrons. The number of ether oxygens (including phenoxy) is 1. The van der Waals surface area contributed by atoms with E-state index in [9.17, 15) is 13.2 Å². The Morgan fingerprint density at radius 2 is 2.06 bits per heavy atom. The van der Waals surface area contributed by atoms with E-state index in [0.717, 1.165) is 24.1 Å². The number of halogens is 3. The largest absolute Gasteiger partial charge is 0.573 e. The van der Waals surface area contributed by atoms with Gasteiger partial charge < -0.3 is 9.75 Å². The highest BCUT2D eigenvalue weighted by atomic mass is 19.4. The van der Waals surface area contributed by atoms with Crippen molar-refractivity contribution in [2.24, 2.45) is 5.84 Å². The van der Waals surface area contributed by atoms with E-state index in [1.165, 1.54) is 17.1 Å². The summed E-state index contributed by atoms with van der Waals surface area (Å²) in [7, 11) is 0. The fraction of sp³-hybridized carbons (Fsp3) is 0.400. The van der Waals surface area contributed by atoms with E-state index in [1.807, 2.05) is 0 Å². The number of nitrogens with two attached hydrogens (primary N) is 1. The predicted octanol–water partition coefficient (Wildman–Crippen LogP) is 2.21. The molecular formula is C10H11F3N2O. The van der Waals surface area contributed by atoms with Crippen LogP contribution in [0.15, 0.2) is 18.2 Å². The molecule has 0 saturated carbocycles. The quantitative estimate of drug-likeness (QED) is 0.754. The summed E-state index contributed by atoms with van der Waals surface area (Å²) in [6.07, 6.45) is -3.09. The lowest BCUT2D eigenvalue weighted by molar-refractivity contribution is -0.274. The van der Waals surface area contributed by atoms with Crippen molar-refractivity contribution in [3.8, 4) is 5.75 Å². The molecule has 16 heavy (non-hydrogen) atoms. The zero-order chi connectivity index (χ0) is 11.8. The van der Waals surface area contributed by atoms with Crippen LogP contribution in [0.5, 0.6) is 5.75 Å². The Kier molecular flexibility index (Phi) is 2.67. The summed E-state index contributed by atoms with van der Waals surface area (Å²) in [5, 5.41) is 1.54. The van der Waals surface area contributed by atoms with Gasteiger partial charge in [0.2, 0.25) is 0 Å². The maximum atomic E-state index is 12.0. The zero-order valence-electron chi connectivity index (χ0n) is 8.42. The van der Waals surface area contributed by atoms with Crippen LogP contribution in [-0.4, -0.2) is 12.9 Å². The lowest BCUT2D eigenvalue weighted by atomic mass is 10.0. The van der Waals surface area contributed by atoms with Gasteiger partial charge in [0.15, 0.2) is 0 Å². The molecule has 0 amide bonds. The first kappa shape index (κ1) is 11.1. The van der Waals surface area contributed by atoms with E-state index in [1.54, 1.807) is 6.07 Å². The molecule has 1 aromatic carbocycles. The van der Waals surface area contributed by atoms with E-state index in [0.29, 0.717) is 6.54 Å². The van der Waals surface area contributed by atoms with Crippen LogP contribution < -0.4 is 15.6 Å². The molecule has 1 aliphatic rings. The van der Waals surface area contributed by atoms with E-state index in [4.69, 9.17) is 5.84 Å². The normalized spacial score (nSPS) is 15.9. The molecule has 0 bridgehead atoms. The van der Waals surface area contributed by atoms with Gasteiger partial charge in [-0.15, -0.1) is 13.2 Å². The molecule has 0 atom stereocenters. The molecule has 0 fully saturated rings. The minimum Gasteiger partial charge on any atom is -0.406 e. The van der Waals surface area contributed by atoms with E-state index in [-0.39, 0.29) is 5.75 Å². The first-order valence-corrected chi connectivity index (χ1v) is 4.86. The van der Waals surface area contributed by atoms with Crippen molar-refractivity contribution in [1.82, 2.24) is 0 Å². The molecule has 1 aromatic rings. The number of rotatable bonds is 1. The summed E-state index contributed by atoms with van der Waals surface area (Å²) in [4.78, 5) is 0. The standard InChI is InChI=1S/C10H11F3N2O/c11-10(12,13)16-8-3-4-9-7(6-8)2-1-5-15(9)14/h3-4,6H,1-2,5,14H2. The molecule has 1 heterocycles. The van der Waals surface area contributed by atoms with Gasteiger partial charge in [-0.2, -0.15) is 0 Å². The average molecular weight is 232 g/mol. The fourth-order valence-corrected chi connectivity index (χ4v) is 1.80. The molecule has 0 saturated heterocycles. The number of hydrazine groups is 1. The molecule has 1 aliphatic heterocycles. The van der Waals surface area contributed by atoms with Crippen molar-refractivity contribution in [2.75, 3.05) is 11.6 Å². The average Bonchev–Trinajstić information content (AvgIpc) is 2.15. The van der Waals surface area contributed by atoms with Crippen molar-refractivity contribution in [3.05, 3.63) is 23.8 Å². The first-order valence-electron chi connectivity index (χ1n) is 4.86. The molecule has 2 rings (SSSR count). The SMILES string of the molecule is NN1CCCc2cc(OC(F)(F)F)ccc21. The van der Waals surface area contributed by atoms with Crippen LogP contribution in [0.1, 0.15) is 12.0 Å². The van der Waals surface area contributed by atoms with E-state index < -0.39 is 6.36 Å². The monoisotopic (exact) mass is 232 g/mol. The van der Waals surface area contributed by atoms with Crippen LogP contribution in [0.4, 0.5) is 18.9 Å². The van der Waals surface area contributed by atoms with Crippen molar-refractivity contribution < 1.29 is 17.9 Å².